The molecule has 0 radical (unpaired) electrons. The fourth-order valence-electron chi connectivity index (χ4n) is 1.89. The molecule has 3 aromatic rings. The van der Waals surface area contributed by atoms with Gasteiger partial charge in [-0.15, -0.1) is 0 Å². The zero-order chi connectivity index (χ0) is 14.7. The molecule has 0 aliphatic carbocycles. The third kappa shape index (κ3) is 3.44. The van der Waals surface area contributed by atoms with Crippen molar-refractivity contribution < 1.29 is 26.4 Å². The average Bonchev–Trinajstić information content (AvgIpc) is 2.97. The lowest BCUT2D eigenvalue weighted by atomic mass is 10.2. The van der Waals surface area contributed by atoms with Gasteiger partial charge in [0.25, 0.3) is 11.6 Å². The normalized spacial score (nSPS) is 10.0. The van der Waals surface area contributed by atoms with Gasteiger partial charge < -0.3 is 16.9 Å². The SMILES string of the molecule is O=[N+]([O-])c1cccc(-c2noc(C[n+]3ccccc3)n2)c1.[Cl-]. The molecule has 0 N–H and O–H groups in total. The summed E-state index contributed by atoms with van der Waals surface area (Å²) >= 11 is 0. The number of benzene rings is 1. The number of nitro groups is 1. The van der Waals surface area contributed by atoms with Crippen molar-refractivity contribution in [3.63, 3.8) is 0 Å². The van der Waals surface area contributed by atoms with Crippen LogP contribution in [0.4, 0.5) is 5.69 Å². The third-order valence-corrected chi connectivity index (χ3v) is 2.88. The highest BCUT2D eigenvalue weighted by Crippen LogP contribution is 2.21. The number of halogens is 1. The Morgan fingerprint density at radius 3 is 2.68 bits per heavy atom. The maximum atomic E-state index is 10.8. The number of pyridine rings is 1. The molecule has 0 bridgehead atoms. The van der Waals surface area contributed by atoms with E-state index in [-0.39, 0.29) is 18.1 Å². The molecule has 1 aromatic carbocycles. The highest BCUT2D eigenvalue weighted by molar-refractivity contribution is 5.58. The summed E-state index contributed by atoms with van der Waals surface area (Å²) in [5, 5.41) is 14.6. The first-order valence-electron chi connectivity index (χ1n) is 6.24. The number of hydrogen-bond donors (Lipinski definition) is 0. The van der Waals surface area contributed by atoms with Gasteiger partial charge in [-0.3, -0.25) is 10.1 Å². The average molecular weight is 319 g/mol. The van der Waals surface area contributed by atoms with Crippen molar-refractivity contribution in [3.8, 4) is 11.4 Å². The van der Waals surface area contributed by atoms with Gasteiger partial charge in [-0.25, -0.2) is 0 Å². The number of nitro benzene ring substituents is 1. The lowest BCUT2D eigenvalue weighted by molar-refractivity contribution is -0.690. The molecule has 0 saturated heterocycles. The maximum Gasteiger partial charge on any atom is 0.292 e. The summed E-state index contributed by atoms with van der Waals surface area (Å²) in [4.78, 5) is 14.6. The Morgan fingerprint density at radius 1 is 1.18 bits per heavy atom. The molecule has 0 aliphatic heterocycles. The molecule has 3 rings (SSSR count). The van der Waals surface area contributed by atoms with E-state index in [1.807, 2.05) is 35.2 Å². The van der Waals surface area contributed by atoms with Crippen molar-refractivity contribution in [2.24, 2.45) is 0 Å². The third-order valence-electron chi connectivity index (χ3n) is 2.88. The van der Waals surface area contributed by atoms with Crippen LogP contribution in [0.5, 0.6) is 0 Å². The first kappa shape index (κ1) is 15.6. The molecule has 7 nitrogen and oxygen atoms in total. The van der Waals surface area contributed by atoms with Gasteiger partial charge in [0, 0.05) is 29.8 Å². The van der Waals surface area contributed by atoms with Crippen LogP contribution in [0.2, 0.25) is 0 Å². The summed E-state index contributed by atoms with van der Waals surface area (Å²) in [5.74, 6) is 0.776. The van der Waals surface area contributed by atoms with E-state index in [9.17, 15) is 10.1 Å². The van der Waals surface area contributed by atoms with Crippen molar-refractivity contribution >= 4 is 5.69 Å². The summed E-state index contributed by atoms with van der Waals surface area (Å²) in [6, 6.07) is 11.9. The van der Waals surface area contributed by atoms with Gasteiger partial charge in [-0.05, 0) is 0 Å². The Kier molecular flexibility index (Phi) is 4.80. The predicted octanol–water partition coefficient (Wildman–Crippen LogP) is -1.02. The van der Waals surface area contributed by atoms with Crippen LogP contribution in [-0.2, 0) is 6.54 Å². The van der Waals surface area contributed by atoms with Crippen LogP contribution in [0.3, 0.4) is 0 Å². The number of rotatable bonds is 4. The molecule has 112 valence electrons. The van der Waals surface area contributed by atoms with E-state index in [1.165, 1.54) is 12.1 Å². The fourth-order valence-corrected chi connectivity index (χ4v) is 1.89. The Balaban J connectivity index is 0.00000176. The van der Waals surface area contributed by atoms with E-state index in [2.05, 4.69) is 10.1 Å². The first-order chi connectivity index (χ1) is 10.2. The van der Waals surface area contributed by atoms with E-state index in [4.69, 9.17) is 4.52 Å². The zero-order valence-electron chi connectivity index (χ0n) is 11.3. The highest BCUT2D eigenvalue weighted by Gasteiger charge is 2.14. The zero-order valence-corrected chi connectivity index (χ0v) is 12.1. The molecule has 0 spiro atoms. The molecule has 0 saturated carbocycles. The molecule has 22 heavy (non-hydrogen) atoms. The molecule has 2 heterocycles. The smallest absolute Gasteiger partial charge is 0.292 e. The van der Waals surface area contributed by atoms with Gasteiger partial charge in [-0.1, -0.05) is 23.4 Å². The van der Waals surface area contributed by atoms with Crippen molar-refractivity contribution in [2.75, 3.05) is 0 Å². The molecule has 0 aliphatic rings. The molecular formula is C14H11ClN4O3. The minimum Gasteiger partial charge on any atom is -1.00 e. The summed E-state index contributed by atoms with van der Waals surface area (Å²) < 4.78 is 7.07. The van der Waals surface area contributed by atoms with Gasteiger partial charge in [0.15, 0.2) is 12.4 Å². The Labute approximate surface area is 131 Å². The lowest BCUT2D eigenvalue weighted by Crippen LogP contribution is -3.00. The largest absolute Gasteiger partial charge is 1.00 e. The van der Waals surface area contributed by atoms with Crippen LogP contribution in [0.25, 0.3) is 11.4 Å². The van der Waals surface area contributed by atoms with E-state index in [0.29, 0.717) is 23.8 Å². The Hall–Kier alpha value is -2.80. The van der Waals surface area contributed by atoms with Gasteiger partial charge in [0.05, 0.1) is 4.92 Å². The fraction of sp³-hybridized carbons (Fsp3) is 0.0714. The molecular weight excluding hydrogens is 308 g/mol. The second-order valence-electron chi connectivity index (χ2n) is 4.37. The summed E-state index contributed by atoms with van der Waals surface area (Å²) in [7, 11) is 0. The minimum absolute atomic E-state index is 0. The second-order valence-corrected chi connectivity index (χ2v) is 4.37. The van der Waals surface area contributed by atoms with Gasteiger partial charge in [0.1, 0.15) is 0 Å². The van der Waals surface area contributed by atoms with Crippen molar-refractivity contribution in [1.82, 2.24) is 10.1 Å². The van der Waals surface area contributed by atoms with E-state index in [0.717, 1.165) is 0 Å². The van der Waals surface area contributed by atoms with Gasteiger partial charge in [0.2, 0.25) is 12.4 Å². The molecule has 0 amide bonds. The second kappa shape index (κ2) is 6.77. The Bertz CT molecular complexity index is 777. The van der Waals surface area contributed by atoms with Gasteiger partial charge in [-0.2, -0.15) is 9.55 Å². The van der Waals surface area contributed by atoms with Crippen molar-refractivity contribution in [2.45, 2.75) is 6.54 Å². The van der Waals surface area contributed by atoms with E-state index >= 15 is 0 Å². The lowest BCUT2D eigenvalue weighted by Gasteiger charge is -1.94. The molecule has 2 aromatic heterocycles. The van der Waals surface area contributed by atoms with Crippen molar-refractivity contribution in [3.05, 3.63) is 70.9 Å². The number of hydrogen-bond acceptors (Lipinski definition) is 5. The summed E-state index contributed by atoms with van der Waals surface area (Å²) in [6.07, 6.45) is 3.77. The first-order valence-corrected chi connectivity index (χ1v) is 6.24. The highest BCUT2D eigenvalue weighted by atomic mass is 35.5. The maximum absolute atomic E-state index is 10.8. The molecule has 8 heteroatoms. The van der Waals surface area contributed by atoms with Crippen LogP contribution in [-0.4, -0.2) is 15.1 Å². The monoisotopic (exact) mass is 318 g/mol. The topological polar surface area (TPSA) is 85.9 Å². The van der Waals surface area contributed by atoms with Crippen LogP contribution in [0.1, 0.15) is 5.89 Å². The number of non-ortho nitro benzene ring substituents is 1. The van der Waals surface area contributed by atoms with E-state index in [1.54, 1.807) is 12.1 Å². The minimum atomic E-state index is -0.454. The molecule has 0 fully saturated rings. The Morgan fingerprint density at radius 2 is 1.95 bits per heavy atom. The molecule has 0 atom stereocenters. The van der Waals surface area contributed by atoms with Gasteiger partial charge >= 0.3 is 0 Å². The van der Waals surface area contributed by atoms with Crippen LogP contribution in [0.15, 0.2) is 59.4 Å². The number of aromatic nitrogens is 3. The summed E-state index contributed by atoms with van der Waals surface area (Å²) in [5.41, 5.74) is 0.550. The van der Waals surface area contributed by atoms with Crippen LogP contribution >= 0.6 is 0 Å². The van der Waals surface area contributed by atoms with E-state index < -0.39 is 4.92 Å². The predicted molar refractivity (Wildman–Crippen MR) is 72.1 cm³/mol. The standard InChI is InChI=1S/C14H11N4O3.ClH/c19-18(20)12-6-4-5-11(9-12)14-15-13(21-16-14)10-17-7-2-1-3-8-17;/h1-9H,10H2;1H/q+1;/p-1. The molecule has 0 unspecified atom stereocenters. The van der Waals surface area contributed by atoms with Crippen LogP contribution < -0.4 is 17.0 Å². The number of nitrogens with zero attached hydrogens (tertiary/aromatic N) is 4. The van der Waals surface area contributed by atoms with Crippen molar-refractivity contribution in [1.29, 1.82) is 0 Å². The van der Waals surface area contributed by atoms with Crippen LogP contribution in [0, 0.1) is 10.1 Å². The summed E-state index contributed by atoms with van der Waals surface area (Å²) in [6.45, 7) is 0.447. The quantitative estimate of drug-likeness (QED) is 0.349.